The van der Waals surface area contributed by atoms with Crippen molar-refractivity contribution in [2.75, 3.05) is 5.73 Å². The molecule has 1 heterocycles. The highest BCUT2D eigenvalue weighted by atomic mass is 19.1. The van der Waals surface area contributed by atoms with E-state index in [4.69, 9.17) is 16.2 Å². The second-order valence-electron chi connectivity index (χ2n) is 3.49. The normalized spacial score (nSPS) is 10.1. The molecule has 18 heavy (non-hydrogen) atoms. The zero-order valence-corrected chi connectivity index (χ0v) is 9.26. The Morgan fingerprint density at radius 1 is 1.22 bits per heavy atom. The summed E-state index contributed by atoms with van der Waals surface area (Å²) in [6, 6.07) is 8.58. The summed E-state index contributed by atoms with van der Waals surface area (Å²) >= 11 is 0. The number of carbonyl (C=O) groups excluding carboxylic acids is 1. The number of nitrogens with zero attached hydrogens (tertiary/aromatic N) is 1. The number of nitrogens with two attached hydrogens (primary N) is 2. The van der Waals surface area contributed by atoms with Crippen LogP contribution in [-0.4, -0.2) is 10.9 Å². The molecule has 0 aliphatic rings. The number of ether oxygens (including phenoxy) is 1. The number of hydrogen-bond donors (Lipinski definition) is 2. The number of amides is 1. The van der Waals surface area contributed by atoms with Gasteiger partial charge in [-0.2, -0.15) is 0 Å². The third kappa shape index (κ3) is 2.37. The fourth-order valence-electron chi connectivity index (χ4n) is 1.30. The van der Waals surface area contributed by atoms with E-state index in [1.807, 2.05) is 0 Å². The van der Waals surface area contributed by atoms with Gasteiger partial charge in [-0.3, -0.25) is 4.79 Å². The first-order chi connectivity index (χ1) is 8.58. The lowest BCUT2D eigenvalue weighted by Crippen LogP contribution is -2.13. The van der Waals surface area contributed by atoms with Crippen LogP contribution in [0.25, 0.3) is 0 Å². The fourth-order valence-corrected chi connectivity index (χ4v) is 1.30. The van der Waals surface area contributed by atoms with Crippen molar-refractivity contribution >= 4 is 11.6 Å². The lowest BCUT2D eigenvalue weighted by Gasteiger charge is -2.08. The van der Waals surface area contributed by atoms with Crippen molar-refractivity contribution in [1.29, 1.82) is 0 Å². The molecule has 0 fully saturated rings. The first-order valence-electron chi connectivity index (χ1n) is 5.06. The maximum Gasteiger partial charge on any atom is 0.267 e. The number of benzene rings is 1. The summed E-state index contributed by atoms with van der Waals surface area (Å²) in [7, 11) is 0. The van der Waals surface area contributed by atoms with E-state index in [1.165, 1.54) is 30.3 Å². The van der Waals surface area contributed by atoms with Crippen LogP contribution in [0, 0.1) is 5.82 Å². The predicted octanol–water partition coefficient (Wildman–Crippen LogP) is 1.69. The Kier molecular flexibility index (Phi) is 3.09. The van der Waals surface area contributed by atoms with Crippen molar-refractivity contribution in [3.63, 3.8) is 0 Å². The van der Waals surface area contributed by atoms with Crippen LogP contribution in [0.3, 0.4) is 0 Å². The molecular weight excluding hydrogens is 237 g/mol. The molecule has 5 nitrogen and oxygen atoms in total. The lowest BCUT2D eigenvalue weighted by atomic mass is 10.3. The van der Waals surface area contributed by atoms with Gasteiger partial charge in [0, 0.05) is 0 Å². The van der Waals surface area contributed by atoms with Gasteiger partial charge in [-0.25, -0.2) is 9.37 Å². The minimum Gasteiger partial charge on any atom is -0.434 e. The highest BCUT2D eigenvalue weighted by Gasteiger charge is 2.11. The van der Waals surface area contributed by atoms with E-state index in [0.717, 1.165) is 0 Å². The Morgan fingerprint density at radius 2 is 1.94 bits per heavy atom. The van der Waals surface area contributed by atoms with Gasteiger partial charge in [0.15, 0.2) is 11.6 Å². The zero-order chi connectivity index (χ0) is 13.1. The number of pyridine rings is 1. The van der Waals surface area contributed by atoms with Crippen LogP contribution >= 0.6 is 0 Å². The number of rotatable bonds is 3. The molecule has 0 atom stereocenters. The summed E-state index contributed by atoms with van der Waals surface area (Å²) in [6.45, 7) is 0. The molecule has 2 rings (SSSR count). The Labute approximate surface area is 102 Å². The van der Waals surface area contributed by atoms with Gasteiger partial charge < -0.3 is 16.2 Å². The van der Waals surface area contributed by atoms with Gasteiger partial charge in [0.2, 0.25) is 5.88 Å². The topological polar surface area (TPSA) is 91.2 Å². The van der Waals surface area contributed by atoms with Gasteiger partial charge in [0.05, 0.1) is 5.69 Å². The van der Waals surface area contributed by atoms with Gasteiger partial charge in [-0.05, 0) is 24.3 Å². The minimum absolute atomic E-state index is 0.00413. The molecule has 0 saturated heterocycles. The van der Waals surface area contributed by atoms with Gasteiger partial charge in [-0.1, -0.05) is 12.1 Å². The highest BCUT2D eigenvalue weighted by Crippen LogP contribution is 2.27. The Balaban J connectivity index is 2.37. The summed E-state index contributed by atoms with van der Waals surface area (Å²) in [5.74, 6) is -1.36. The molecular formula is C12H10FN3O2. The first kappa shape index (κ1) is 11.8. The molecule has 1 amide bonds. The van der Waals surface area contributed by atoms with Crippen LogP contribution in [0.2, 0.25) is 0 Å². The molecule has 92 valence electrons. The molecule has 0 aliphatic heterocycles. The number of carbonyl (C=O) groups is 1. The summed E-state index contributed by atoms with van der Waals surface area (Å²) in [4.78, 5) is 14.8. The van der Waals surface area contributed by atoms with Crippen LogP contribution in [0.1, 0.15) is 10.5 Å². The van der Waals surface area contributed by atoms with Crippen LogP contribution in [0.5, 0.6) is 11.6 Å². The number of halogens is 1. The number of nitrogen functional groups attached to an aromatic ring is 1. The molecule has 0 radical (unpaired) electrons. The molecule has 1 aromatic carbocycles. The van der Waals surface area contributed by atoms with E-state index >= 15 is 0 Å². The minimum atomic E-state index is -0.714. The second-order valence-corrected chi connectivity index (χ2v) is 3.49. The van der Waals surface area contributed by atoms with Gasteiger partial charge in [0.1, 0.15) is 5.69 Å². The summed E-state index contributed by atoms with van der Waals surface area (Å²) in [5.41, 5.74) is 10.9. The van der Waals surface area contributed by atoms with Crippen molar-refractivity contribution in [1.82, 2.24) is 4.98 Å². The standard InChI is InChI=1S/C12H10FN3O2/c13-7-3-1-2-4-10(7)18-12-8(14)5-6-9(16-12)11(15)17/h1-6H,14H2,(H2,15,17). The number of anilines is 1. The highest BCUT2D eigenvalue weighted by molar-refractivity contribution is 5.91. The third-order valence-corrected chi connectivity index (χ3v) is 2.19. The monoisotopic (exact) mass is 247 g/mol. The van der Waals surface area contributed by atoms with Crippen molar-refractivity contribution in [3.05, 3.63) is 47.9 Å². The number of hydrogen-bond acceptors (Lipinski definition) is 4. The Bertz CT molecular complexity index is 602. The van der Waals surface area contributed by atoms with Crippen molar-refractivity contribution in [2.24, 2.45) is 5.73 Å². The average molecular weight is 247 g/mol. The number of primary amides is 1. The second kappa shape index (κ2) is 4.70. The summed E-state index contributed by atoms with van der Waals surface area (Å²) in [5, 5.41) is 0. The van der Waals surface area contributed by atoms with Crippen LogP contribution in [0.4, 0.5) is 10.1 Å². The van der Waals surface area contributed by atoms with Crippen LogP contribution in [0.15, 0.2) is 36.4 Å². The molecule has 6 heteroatoms. The molecule has 4 N–H and O–H groups in total. The van der Waals surface area contributed by atoms with Crippen molar-refractivity contribution in [2.45, 2.75) is 0 Å². The first-order valence-corrected chi connectivity index (χ1v) is 5.06. The van der Waals surface area contributed by atoms with Gasteiger partial charge in [-0.15, -0.1) is 0 Å². The van der Waals surface area contributed by atoms with Crippen molar-refractivity contribution in [3.8, 4) is 11.6 Å². The quantitative estimate of drug-likeness (QED) is 0.863. The van der Waals surface area contributed by atoms with E-state index in [9.17, 15) is 9.18 Å². The lowest BCUT2D eigenvalue weighted by molar-refractivity contribution is 0.0995. The Hall–Kier alpha value is -2.63. The van der Waals surface area contributed by atoms with E-state index in [1.54, 1.807) is 6.07 Å². The molecule has 2 aromatic rings. The van der Waals surface area contributed by atoms with E-state index in [-0.39, 0.29) is 23.0 Å². The fraction of sp³-hybridized carbons (Fsp3) is 0. The Morgan fingerprint density at radius 3 is 2.61 bits per heavy atom. The molecule has 0 aliphatic carbocycles. The van der Waals surface area contributed by atoms with E-state index in [2.05, 4.69) is 4.98 Å². The van der Waals surface area contributed by atoms with Gasteiger partial charge >= 0.3 is 0 Å². The number of para-hydroxylation sites is 1. The molecule has 0 saturated carbocycles. The van der Waals surface area contributed by atoms with Crippen LogP contribution in [-0.2, 0) is 0 Å². The maximum absolute atomic E-state index is 13.4. The molecule has 1 aromatic heterocycles. The zero-order valence-electron chi connectivity index (χ0n) is 9.26. The SMILES string of the molecule is NC(=O)c1ccc(N)c(Oc2ccccc2F)n1. The van der Waals surface area contributed by atoms with Gasteiger partial charge in [0.25, 0.3) is 5.91 Å². The third-order valence-electron chi connectivity index (χ3n) is 2.19. The predicted molar refractivity (Wildman–Crippen MR) is 63.6 cm³/mol. The maximum atomic E-state index is 13.4. The molecule has 0 bridgehead atoms. The van der Waals surface area contributed by atoms with E-state index in [0.29, 0.717) is 0 Å². The summed E-state index contributed by atoms with van der Waals surface area (Å²) < 4.78 is 18.6. The smallest absolute Gasteiger partial charge is 0.267 e. The molecule has 0 spiro atoms. The molecule has 0 unspecified atom stereocenters. The number of aromatic nitrogens is 1. The van der Waals surface area contributed by atoms with Crippen molar-refractivity contribution < 1.29 is 13.9 Å². The average Bonchev–Trinajstić information content (AvgIpc) is 2.34. The summed E-state index contributed by atoms with van der Waals surface area (Å²) in [6.07, 6.45) is 0. The largest absolute Gasteiger partial charge is 0.434 e. The van der Waals surface area contributed by atoms with E-state index < -0.39 is 11.7 Å². The van der Waals surface area contributed by atoms with Crippen LogP contribution < -0.4 is 16.2 Å².